The molecule has 0 bridgehead atoms. The second-order valence-corrected chi connectivity index (χ2v) is 11.7. The molecule has 0 aliphatic rings. The van der Waals surface area contributed by atoms with E-state index < -0.39 is 25.1 Å². The molecular weight excluding hydrogens is 444 g/mol. The Morgan fingerprint density at radius 1 is 1.10 bits per heavy atom. The van der Waals surface area contributed by atoms with Crippen molar-refractivity contribution < 1.29 is 21.6 Å². The number of sulfonamides is 1. The summed E-state index contributed by atoms with van der Waals surface area (Å²) < 4.78 is 60.3. The Morgan fingerprint density at radius 3 is 2.43 bits per heavy atom. The first-order valence-electron chi connectivity index (χ1n) is 8.99. The number of ether oxygens (including phenoxy) is 1. The Balaban J connectivity index is 1.98. The highest BCUT2D eigenvalue weighted by Gasteiger charge is 2.32. The van der Waals surface area contributed by atoms with E-state index in [2.05, 4.69) is 9.71 Å². The third-order valence-electron chi connectivity index (χ3n) is 4.73. The van der Waals surface area contributed by atoms with Gasteiger partial charge in [0.25, 0.3) is 0 Å². The van der Waals surface area contributed by atoms with E-state index in [1.807, 2.05) is 6.92 Å². The van der Waals surface area contributed by atoms with Gasteiger partial charge in [-0.05, 0) is 60.2 Å². The topological polar surface area (TPSA) is 102 Å². The number of nitrogens with zero attached hydrogens (tertiary/aromatic N) is 1. The van der Waals surface area contributed by atoms with Crippen LogP contribution in [0.4, 0.5) is 0 Å². The number of aromatic nitrogens is 1. The first-order valence-corrected chi connectivity index (χ1v) is 12.9. The first-order chi connectivity index (χ1) is 14.2. The van der Waals surface area contributed by atoms with E-state index in [-0.39, 0.29) is 21.4 Å². The maximum atomic E-state index is 13.2. The molecule has 2 aromatic heterocycles. The highest BCUT2D eigenvalue weighted by Crippen LogP contribution is 2.32. The fraction of sp³-hybridized carbons (Fsp3) is 0.250. The average molecular weight is 467 g/mol. The summed E-state index contributed by atoms with van der Waals surface area (Å²) in [7, 11) is -6.46. The zero-order valence-electron chi connectivity index (χ0n) is 16.7. The van der Waals surface area contributed by atoms with Crippen LogP contribution in [0.5, 0.6) is 5.75 Å². The van der Waals surface area contributed by atoms with Crippen molar-refractivity contribution in [3.63, 3.8) is 0 Å². The van der Waals surface area contributed by atoms with Crippen molar-refractivity contribution in [3.8, 4) is 5.75 Å². The van der Waals surface area contributed by atoms with Crippen LogP contribution in [-0.4, -0.2) is 35.5 Å². The highest BCUT2D eigenvalue weighted by atomic mass is 32.2. The van der Waals surface area contributed by atoms with Crippen LogP contribution in [0.1, 0.15) is 21.9 Å². The van der Waals surface area contributed by atoms with Gasteiger partial charge in [-0.1, -0.05) is 12.1 Å². The molecule has 2 heterocycles. The molecule has 0 fully saturated rings. The van der Waals surface area contributed by atoms with Gasteiger partial charge < -0.3 is 4.74 Å². The molecule has 0 saturated heterocycles. The third kappa shape index (κ3) is 4.56. The summed E-state index contributed by atoms with van der Waals surface area (Å²) in [4.78, 5) is 3.96. The number of nitrogens with one attached hydrogen (secondary N) is 1. The molecule has 1 N–H and O–H groups in total. The van der Waals surface area contributed by atoms with Crippen molar-refractivity contribution in [1.29, 1.82) is 0 Å². The number of benzene rings is 1. The molecule has 160 valence electrons. The molecule has 1 unspecified atom stereocenters. The SMILES string of the molecule is COc1cc(C)c(C)cc1S(=O)(=O)NCC(c1cccnc1)S(=O)(=O)c1cccs1. The van der Waals surface area contributed by atoms with Crippen LogP contribution in [0.25, 0.3) is 0 Å². The fourth-order valence-electron chi connectivity index (χ4n) is 2.93. The number of thiophene rings is 1. The van der Waals surface area contributed by atoms with Crippen molar-refractivity contribution in [2.75, 3.05) is 13.7 Å². The van der Waals surface area contributed by atoms with Crippen molar-refractivity contribution in [1.82, 2.24) is 9.71 Å². The standard InChI is InChI=1S/C20H22N2O5S3/c1-14-10-17(27-3)18(11-15(14)2)30(25,26)22-13-19(16-6-4-8-21-12-16)29(23,24)20-7-5-9-28-20/h4-12,19,22H,13H2,1-3H3. The van der Waals surface area contributed by atoms with Gasteiger partial charge in [0.05, 0.1) is 7.11 Å². The predicted octanol–water partition coefficient (Wildman–Crippen LogP) is 3.26. The Hall–Kier alpha value is -2.27. The second-order valence-electron chi connectivity index (χ2n) is 6.69. The summed E-state index contributed by atoms with van der Waals surface area (Å²) in [5.41, 5.74) is 2.08. The van der Waals surface area contributed by atoms with Gasteiger partial charge >= 0.3 is 0 Å². The van der Waals surface area contributed by atoms with Crippen molar-refractivity contribution in [2.24, 2.45) is 0 Å². The number of pyridine rings is 1. The molecular formula is C20H22N2O5S3. The summed E-state index contributed by atoms with van der Waals surface area (Å²) in [6.45, 7) is 3.31. The van der Waals surface area contributed by atoms with Gasteiger partial charge in [0.1, 0.15) is 20.1 Å². The molecule has 1 aromatic carbocycles. The lowest BCUT2D eigenvalue weighted by molar-refractivity contribution is 0.402. The van der Waals surface area contributed by atoms with Gasteiger partial charge in [0, 0.05) is 18.9 Å². The van der Waals surface area contributed by atoms with Crippen LogP contribution in [0.15, 0.2) is 63.3 Å². The largest absolute Gasteiger partial charge is 0.495 e. The number of hydrogen-bond donors (Lipinski definition) is 1. The molecule has 0 spiro atoms. The normalized spacial score (nSPS) is 13.2. The Bertz CT molecular complexity index is 1220. The van der Waals surface area contributed by atoms with Crippen LogP contribution in [0, 0.1) is 13.8 Å². The molecule has 7 nitrogen and oxygen atoms in total. The lowest BCUT2D eigenvalue weighted by Gasteiger charge is -2.19. The maximum absolute atomic E-state index is 13.2. The molecule has 0 radical (unpaired) electrons. The minimum atomic E-state index is -4.03. The van der Waals surface area contributed by atoms with Crippen LogP contribution in [-0.2, 0) is 19.9 Å². The van der Waals surface area contributed by atoms with Crippen LogP contribution < -0.4 is 9.46 Å². The molecule has 3 aromatic rings. The van der Waals surface area contributed by atoms with E-state index >= 15 is 0 Å². The van der Waals surface area contributed by atoms with Gasteiger partial charge in [0.15, 0.2) is 9.84 Å². The number of methoxy groups -OCH3 is 1. The van der Waals surface area contributed by atoms with E-state index in [9.17, 15) is 16.8 Å². The lowest BCUT2D eigenvalue weighted by atomic mass is 10.1. The van der Waals surface area contributed by atoms with Gasteiger partial charge in [0.2, 0.25) is 10.0 Å². The number of rotatable bonds is 8. The lowest BCUT2D eigenvalue weighted by Crippen LogP contribution is -2.32. The minimum absolute atomic E-state index is 0.0356. The molecule has 0 saturated carbocycles. The van der Waals surface area contributed by atoms with Gasteiger partial charge in [-0.2, -0.15) is 0 Å². The average Bonchev–Trinajstić information content (AvgIpc) is 3.26. The smallest absolute Gasteiger partial charge is 0.244 e. The molecule has 3 rings (SSSR count). The monoisotopic (exact) mass is 466 g/mol. The summed E-state index contributed by atoms with van der Waals surface area (Å²) >= 11 is 1.09. The highest BCUT2D eigenvalue weighted by molar-refractivity contribution is 7.93. The van der Waals surface area contributed by atoms with Crippen LogP contribution in [0.2, 0.25) is 0 Å². The van der Waals surface area contributed by atoms with E-state index in [4.69, 9.17) is 4.74 Å². The van der Waals surface area contributed by atoms with Crippen molar-refractivity contribution in [2.45, 2.75) is 28.2 Å². The summed E-state index contributed by atoms with van der Waals surface area (Å²) in [6, 6.07) is 9.54. The third-order valence-corrected chi connectivity index (χ3v) is 9.71. The molecule has 1 atom stereocenters. The Kier molecular flexibility index (Phi) is 6.61. The quantitative estimate of drug-likeness (QED) is 0.547. The van der Waals surface area contributed by atoms with Crippen LogP contribution in [0.3, 0.4) is 0 Å². The molecule has 30 heavy (non-hydrogen) atoms. The first kappa shape index (κ1) is 22.4. The van der Waals surface area contributed by atoms with Crippen LogP contribution >= 0.6 is 11.3 Å². The van der Waals surface area contributed by atoms with E-state index in [0.717, 1.165) is 22.5 Å². The number of hydrogen-bond acceptors (Lipinski definition) is 7. The van der Waals surface area contributed by atoms with Crippen molar-refractivity contribution in [3.05, 3.63) is 70.9 Å². The van der Waals surface area contributed by atoms with E-state index in [1.165, 1.54) is 31.6 Å². The zero-order valence-corrected chi connectivity index (χ0v) is 19.1. The number of sulfone groups is 1. The molecule has 0 aliphatic carbocycles. The molecule has 10 heteroatoms. The van der Waals surface area contributed by atoms with Crippen molar-refractivity contribution >= 4 is 31.2 Å². The Labute approximate surface area is 180 Å². The minimum Gasteiger partial charge on any atom is -0.495 e. The fourth-order valence-corrected chi connectivity index (χ4v) is 7.17. The second kappa shape index (κ2) is 8.84. The van der Waals surface area contributed by atoms with Gasteiger partial charge in [-0.3, -0.25) is 4.98 Å². The Morgan fingerprint density at radius 2 is 1.83 bits per heavy atom. The molecule has 0 amide bonds. The summed E-state index contributed by atoms with van der Waals surface area (Å²) in [5, 5.41) is 0.536. The summed E-state index contributed by atoms with van der Waals surface area (Å²) in [5.74, 6) is 0.199. The van der Waals surface area contributed by atoms with Gasteiger partial charge in [-0.25, -0.2) is 21.6 Å². The van der Waals surface area contributed by atoms with Gasteiger partial charge in [-0.15, -0.1) is 11.3 Å². The molecule has 0 aliphatic heterocycles. The predicted molar refractivity (Wildman–Crippen MR) is 116 cm³/mol. The maximum Gasteiger partial charge on any atom is 0.244 e. The van der Waals surface area contributed by atoms with E-state index in [1.54, 1.807) is 36.6 Å². The summed E-state index contributed by atoms with van der Waals surface area (Å²) in [6.07, 6.45) is 2.96. The van der Waals surface area contributed by atoms with E-state index in [0.29, 0.717) is 5.56 Å². The number of aryl methyl sites for hydroxylation is 2. The zero-order chi connectivity index (χ0) is 21.9.